The second-order valence-electron chi connectivity index (χ2n) is 4.90. The molecule has 1 aromatic carbocycles. The SMILES string of the molecule is N#Cc1c(N2CCC2=O)n[nH]c1-c1ccc(C(F)(F)F)cc1Cl. The van der Waals surface area contributed by atoms with Gasteiger partial charge in [-0.05, 0) is 12.1 Å². The van der Waals surface area contributed by atoms with Crippen LogP contribution in [0.15, 0.2) is 18.2 Å². The molecule has 2 aromatic rings. The number of hydrogen-bond donors (Lipinski definition) is 1. The first-order chi connectivity index (χ1) is 10.8. The maximum absolute atomic E-state index is 12.7. The van der Waals surface area contributed by atoms with Gasteiger partial charge in [-0.25, -0.2) is 0 Å². The molecule has 0 aliphatic carbocycles. The van der Waals surface area contributed by atoms with Crippen LogP contribution in [-0.2, 0) is 11.0 Å². The van der Waals surface area contributed by atoms with Gasteiger partial charge in [0.25, 0.3) is 0 Å². The van der Waals surface area contributed by atoms with Crippen LogP contribution >= 0.6 is 11.6 Å². The van der Waals surface area contributed by atoms with E-state index in [-0.39, 0.29) is 33.6 Å². The number of anilines is 1. The van der Waals surface area contributed by atoms with Crippen molar-refractivity contribution in [3.8, 4) is 17.3 Å². The van der Waals surface area contributed by atoms with Crippen molar-refractivity contribution in [3.05, 3.63) is 34.3 Å². The van der Waals surface area contributed by atoms with Gasteiger partial charge in [-0.1, -0.05) is 17.7 Å². The number of benzene rings is 1. The second kappa shape index (κ2) is 5.28. The predicted molar refractivity (Wildman–Crippen MR) is 75.7 cm³/mol. The standard InChI is InChI=1S/C14H8ClF3N4O/c15-10-5-7(14(16,17)18)1-2-8(10)12-9(6-19)13(21-20-12)22-4-3-11(22)23/h1-2,5H,3-4H2,(H,20,21). The van der Waals surface area contributed by atoms with Crippen LogP contribution in [0, 0.1) is 11.3 Å². The van der Waals surface area contributed by atoms with Gasteiger partial charge in [-0.3, -0.25) is 14.8 Å². The third kappa shape index (κ3) is 2.53. The van der Waals surface area contributed by atoms with E-state index in [1.165, 1.54) is 11.0 Å². The van der Waals surface area contributed by atoms with E-state index < -0.39 is 11.7 Å². The number of carbonyl (C=O) groups excluding carboxylic acids is 1. The highest BCUT2D eigenvalue weighted by Crippen LogP contribution is 2.38. The summed E-state index contributed by atoms with van der Waals surface area (Å²) in [6.07, 6.45) is -4.14. The topological polar surface area (TPSA) is 72.8 Å². The van der Waals surface area contributed by atoms with Crippen molar-refractivity contribution in [2.24, 2.45) is 0 Å². The van der Waals surface area contributed by atoms with Crippen LogP contribution in [0.1, 0.15) is 17.5 Å². The summed E-state index contributed by atoms with van der Waals surface area (Å²) >= 11 is 5.93. The second-order valence-corrected chi connectivity index (χ2v) is 5.30. The van der Waals surface area contributed by atoms with Gasteiger partial charge in [0.05, 0.1) is 16.3 Å². The van der Waals surface area contributed by atoms with Crippen molar-refractivity contribution < 1.29 is 18.0 Å². The van der Waals surface area contributed by atoms with Crippen LogP contribution < -0.4 is 4.90 Å². The minimum Gasteiger partial charge on any atom is -0.294 e. The van der Waals surface area contributed by atoms with Gasteiger partial charge >= 0.3 is 6.18 Å². The highest BCUT2D eigenvalue weighted by molar-refractivity contribution is 6.33. The Labute approximate surface area is 133 Å². The number of amides is 1. The van der Waals surface area contributed by atoms with Crippen molar-refractivity contribution in [2.75, 3.05) is 11.4 Å². The van der Waals surface area contributed by atoms with Gasteiger partial charge in [-0.2, -0.15) is 23.5 Å². The van der Waals surface area contributed by atoms with Gasteiger partial charge in [-0.15, -0.1) is 0 Å². The number of nitrogens with one attached hydrogen (secondary N) is 1. The highest BCUT2D eigenvalue weighted by Gasteiger charge is 2.33. The summed E-state index contributed by atoms with van der Waals surface area (Å²) in [7, 11) is 0. The Kier molecular flexibility index (Phi) is 3.53. The fraction of sp³-hybridized carbons (Fsp3) is 0.214. The Hall–Kier alpha value is -2.53. The molecule has 1 fully saturated rings. The van der Waals surface area contributed by atoms with Crippen molar-refractivity contribution in [1.29, 1.82) is 5.26 Å². The van der Waals surface area contributed by atoms with Crippen LogP contribution in [0.25, 0.3) is 11.3 Å². The summed E-state index contributed by atoms with van der Waals surface area (Å²) in [5.74, 6) is -0.00668. The number of halogens is 4. The number of β-lactam (4-membered cyclic amide) rings is 1. The highest BCUT2D eigenvalue weighted by atomic mass is 35.5. The molecular weight excluding hydrogens is 333 g/mol. The van der Waals surface area contributed by atoms with E-state index in [9.17, 15) is 23.2 Å². The molecule has 3 rings (SSSR count). The Morgan fingerprint density at radius 3 is 2.61 bits per heavy atom. The molecule has 1 N–H and O–H groups in total. The van der Waals surface area contributed by atoms with E-state index in [1.54, 1.807) is 0 Å². The van der Waals surface area contributed by atoms with Crippen LogP contribution in [0.2, 0.25) is 5.02 Å². The maximum atomic E-state index is 12.7. The number of rotatable bonds is 2. The summed E-state index contributed by atoms with van der Waals surface area (Å²) in [5, 5.41) is 15.6. The molecule has 1 saturated heterocycles. The van der Waals surface area contributed by atoms with Gasteiger partial charge in [0.2, 0.25) is 5.91 Å². The molecule has 23 heavy (non-hydrogen) atoms. The van der Waals surface area contributed by atoms with Crippen LogP contribution in [0.5, 0.6) is 0 Å². The zero-order valence-corrected chi connectivity index (χ0v) is 12.2. The molecular formula is C14H8ClF3N4O. The predicted octanol–water partition coefficient (Wildman–Crippen LogP) is 3.36. The zero-order chi connectivity index (χ0) is 16.8. The lowest BCUT2D eigenvalue weighted by atomic mass is 10.0. The number of hydrogen-bond acceptors (Lipinski definition) is 3. The summed E-state index contributed by atoms with van der Waals surface area (Å²) in [6.45, 7) is 0.443. The van der Waals surface area contributed by atoms with E-state index in [0.29, 0.717) is 13.0 Å². The number of aromatic nitrogens is 2. The van der Waals surface area contributed by atoms with E-state index in [2.05, 4.69) is 10.2 Å². The van der Waals surface area contributed by atoms with Gasteiger partial charge in [0, 0.05) is 18.5 Å². The third-order valence-corrected chi connectivity index (χ3v) is 3.84. The molecule has 0 radical (unpaired) electrons. The minimum absolute atomic E-state index is 0.0692. The molecule has 0 atom stereocenters. The summed E-state index contributed by atoms with van der Waals surface area (Å²) in [4.78, 5) is 12.8. The van der Waals surface area contributed by atoms with Crippen LogP contribution in [0.4, 0.5) is 19.0 Å². The average Bonchev–Trinajstić information content (AvgIpc) is 2.87. The minimum atomic E-state index is -4.51. The molecule has 1 aliphatic heterocycles. The third-order valence-electron chi connectivity index (χ3n) is 3.53. The summed E-state index contributed by atoms with van der Waals surface area (Å²) < 4.78 is 38.0. The van der Waals surface area contributed by atoms with E-state index >= 15 is 0 Å². The molecule has 5 nitrogen and oxygen atoms in total. The molecule has 0 saturated carbocycles. The van der Waals surface area contributed by atoms with Crippen molar-refractivity contribution in [3.63, 3.8) is 0 Å². The van der Waals surface area contributed by atoms with Gasteiger partial charge < -0.3 is 0 Å². The lowest BCUT2D eigenvalue weighted by Crippen LogP contribution is -2.44. The smallest absolute Gasteiger partial charge is 0.294 e. The Morgan fingerprint density at radius 1 is 1.39 bits per heavy atom. The van der Waals surface area contributed by atoms with E-state index in [0.717, 1.165) is 12.1 Å². The van der Waals surface area contributed by atoms with Crippen molar-refractivity contribution in [2.45, 2.75) is 12.6 Å². The zero-order valence-electron chi connectivity index (χ0n) is 11.4. The number of aromatic amines is 1. The van der Waals surface area contributed by atoms with E-state index in [1.807, 2.05) is 6.07 Å². The van der Waals surface area contributed by atoms with Crippen molar-refractivity contribution >= 4 is 23.3 Å². The molecule has 1 aliphatic rings. The first-order valence-electron chi connectivity index (χ1n) is 6.49. The quantitative estimate of drug-likeness (QED) is 0.852. The molecule has 2 heterocycles. The normalized spacial score (nSPS) is 14.6. The Morgan fingerprint density at radius 2 is 2.13 bits per heavy atom. The van der Waals surface area contributed by atoms with Crippen LogP contribution in [-0.4, -0.2) is 22.6 Å². The maximum Gasteiger partial charge on any atom is 0.416 e. The lowest BCUT2D eigenvalue weighted by molar-refractivity contribution is -0.137. The fourth-order valence-electron chi connectivity index (χ4n) is 2.26. The van der Waals surface area contributed by atoms with Gasteiger partial charge in [0.1, 0.15) is 11.6 Å². The molecule has 118 valence electrons. The molecule has 0 spiro atoms. The fourth-order valence-corrected chi connectivity index (χ4v) is 2.54. The molecule has 1 aromatic heterocycles. The summed E-state index contributed by atoms with van der Waals surface area (Å²) in [6, 6.07) is 4.74. The first-order valence-corrected chi connectivity index (χ1v) is 6.86. The average molecular weight is 341 g/mol. The largest absolute Gasteiger partial charge is 0.416 e. The molecule has 0 bridgehead atoms. The Balaban J connectivity index is 2.06. The molecule has 0 unspecified atom stereocenters. The number of alkyl halides is 3. The van der Waals surface area contributed by atoms with E-state index in [4.69, 9.17) is 11.6 Å². The number of nitriles is 1. The number of nitrogens with zero attached hydrogens (tertiary/aromatic N) is 3. The lowest BCUT2D eigenvalue weighted by Gasteiger charge is -2.28. The summed E-state index contributed by atoms with van der Waals surface area (Å²) in [5.41, 5.74) is -0.425. The first kappa shape index (κ1) is 15.4. The monoisotopic (exact) mass is 340 g/mol. The van der Waals surface area contributed by atoms with Crippen molar-refractivity contribution in [1.82, 2.24) is 10.2 Å². The molecule has 9 heteroatoms. The van der Waals surface area contributed by atoms with Gasteiger partial charge in [0.15, 0.2) is 5.82 Å². The molecule has 1 amide bonds. The van der Waals surface area contributed by atoms with Crippen LogP contribution in [0.3, 0.4) is 0 Å². The number of H-pyrrole nitrogens is 1. The number of carbonyl (C=O) groups is 1. The Bertz CT molecular complexity index is 838.